The standard InChI is InChI=1S/C8H8ClF3N2O/c9-5-3-6(8(10,11)12)7(14-4-5)15-2-1-13/h3-4H,1-2,13H2. The minimum Gasteiger partial charge on any atom is -0.476 e. The predicted octanol–water partition coefficient (Wildman–Crippen LogP) is 2.09. The molecule has 0 aliphatic carbocycles. The molecule has 3 nitrogen and oxygen atoms in total. The van der Waals surface area contributed by atoms with Crippen molar-refractivity contribution in [3.63, 3.8) is 0 Å². The van der Waals surface area contributed by atoms with E-state index in [1.807, 2.05) is 0 Å². The quantitative estimate of drug-likeness (QED) is 0.880. The molecule has 0 amide bonds. The summed E-state index contributed by atoms with van der Waals surface area (Å²) in [5, 5.41) is -0.0950. The zero-order valence-electron chi connectivity index (χ0n) is 7.51. The van der Waals surface area contributed by atoms with Crippen molar-refractivity contribution in [2.45, 2.75) is 6.18 Å². The molecule has 0 aliphatic rings. The van der Waals surface area contributed by atoms with Crippen LogP contribution in [0.1, 0.15) is 5.56 Å². The summed E-state index contributed by atoms with van der Waals surface area (Å²) in [6.07, 6.45) is -3.45. The van der Waals surface area contributed by atoms with Crippen LogP contribution in [0.15, 0.2) is 12.3 Å². The molecular weight excluding hydrogens is 233 g/mol. The monoisotopic (exact) mass is 240 g/mol. The second-order valence-electron chi connectivity index (χ2n) is 2.64. The lowest BCUT2D eigenvalue weighted by Crippen LogP contribution is -2.15. The highest BCUT2D eigenvalue weighted by molar-refractivity contribution is 6.30. The van der Waals surface area contributed by atoms with Gasteiger partial charge in [-0.25, -0.2) is 4.98 Å². The molecule has 84 valence electrons. The summed E-state index contributed by atoms with van der Waals surface area (Å²) in [5.74, 6) is -0.502. The van der Waals surface area contributed by atoms with Gasteiger partial charge in [-0.05, 0) is 6.07 Å². The molecule has 1 heterocycles. The maximum absolute atomic E-state index is 12.4. The Morgan fingerprint density at radius 2 is 2.13 bits per heavy atom. The van der Waals surface area contributed by atoms with E-state index in [9.17, 15) is 13.2 Å². The average molecular weight is 241 g/mol. The maximum Gasteiger partial charge on any atom is 0.421 e. The summed E-state index contributed by atoms with van der Waals surface area (Å²) in [6.45, 7) is 0.0827. The fourth-order valence-electron chi connectivity index (χ4n) is 0.900. The van der Waals surface area contributed by atoms with E-state index in [0.717, 1.165) is 12.3 Å². The van der Waals surface area contributed by atoms with Crippen LogP contribution >= 0.6 is 11.6 Å². The van der Waals surface area contributed by atoms with Gasteiger partial charge >= 0.3 is 6.18 Å². The number of pyridine rings is 1. The topological polar surface area (TPSA) is 48.1 Å². The number of nitrogens with two attached hydrogens (primary N) is 1. The Hall–Kier alpha value is -1.01. The van der Waals surface area contributed by atoms with Gasteiger partial charge in [0.25, 0.3) is 0 Å². The van der Waals surface area contributed by atoms with Gasteiger partial charge < -0.3 is 10.5 Å². The van der Waals surface area contributed by atoms with Gasteiger partial charge in [0.2, 0.25) is 5.88 Å². The van der Waals surface area contributed by atoms with E-state index < -0.39 is 17.6 Å². The lowest BCUT2D eigenvalue weighted by Gasteiger charge is -2.12. The van der Waals surface area contributed by atoms with Crippen molar-refractivity contribution in [3.8, 4) is 5.88 Å². The van der Waals surface area contributed by atoms with E-state index in [4.69, 9.17) is 22.1 Å². The number of halogens is 4. The van der Waals surface area contributed by atoms with Crippen molar-refractivity contribution in [2.75, 3.05) is 13.2 Å². The number of aromatic nitrogens is 1. The maximum atomic E-state index is 12.4. The SMILES string of the molecule is NCCOc1ncc(Cl)cc1C(F)(F)F. The largest absolute Gasteiger partial charge is 0.476 e. The number of hydrogen-bond donors (Lipinski definition) is 1. The molecule has 0 radical (unpaired) electrons. The molecular formula is C8H8ClF3N2O. The Bertz CT molecular complexity index is 343. The molecule has 0 aliphatic heterocycles. The summed E-state index contributed by atoms with van der Waals surface area (Å²) in [6, 6.07) is 0.764. The Morgan fingerprint density at radius 1 is 1.47 bits per heavy atom. The normalized spacial score (nSPS) is 11.5. The lowest BCUT2D eigenvalue weighted by molar-refractivity contribution is -0.139. The Balaban J connectivity index is 3.04. The molecule has 0 saturated heterocycles. The van der Waals surface area contributed by atoms with Crippen LogP contribution in [0.2, 0.25) is 5.02 Å². The van der Waals surface area contributed by atoms with Crippen LogP contribution in [0.4, 0.5) is 13.2 Å². The highest BCUT2D eigenvalue weighted by Gasteiger charge is 2.35. The van der Waals surface area contributed by atoms with Gasteiger partial charge in [-0.1, -0.05) is 11.6 Å². The third-order valence-corrected chi connectivity index (χ3v) is 1.69. The van der Waals surface area contributed by atoms with Crippen LogP contribution < -0.4 is 10.5 Å². The Kier molecular flexibility index (Phi) is 3.76. The molecule has 0 aromatic carbocycles. The van der Waals surface area contributed by atoms with Crippen LogP contribution in [-0.4, -0.2) is 18.1 Å². The Morgan fingerprint density at radius 3 is 2.67 bits per heavy atom. The molecule has 2 N–H and O–H groups in total. The molecule has 0 atom stereocenters. The molecule has 0 spiro atoms. The summed E-state index contributed by atoms with van der Waals surface area (Å²) in [7, 11) is 0. The van der Waals surface area contributed by atoms with Crippen LogP contribution in [0.5, 0.6) is 5.88 Å². The molecule has 0 bridgehead atoms. The third-order valence-electron chi connectivity index (χ3n) is 1.48. The summed E-state index contributed by atoms with van der Waals surface area (Å²) in [4.78, 5) is 3.45. The molecule has 1 rings (SSSR count). The van der Waals surface area contributed by atoms with E-state index in [0.29, 0.717) is 0 Å². The first-order chi connectivity index (χ1) is 6.95. The Labute approximate surface area is 89.0 Å². The first-order valence-corrected chi connectivity index (χ1v) is 4.38. The summed E-state index contributed by atoms with van der Waals surface area (Å²) in [5.41, 5.74) is 4.11. The van der Waals surface area contributed by atoms with Gasteiger partial charge in [-0.15, -0.1) is 0 Å². The molecule has 15 heavy (non-hydrogen) atoms. The van der Waals surface area contributed by atoms with Crippen LogP contribution in [-0.2, 0) is 6.18 Å². The van der Waals surface area contributed by atoms with Crippen molar-refractivity contribution in [1.29, 1.82) is 0 Å². The highest BCUT2D eigenvalue weighted by atomic mass is 35.5. The number of rotatable bonds is 3. The van der Waals surface area contributed by atoms with Crippen molar-refractivity contribution in [3.05, 3.63) is 22.8 Å². The minimum absolute atomic E-state index is 0.0300. The van der Waals surface area contributed by atoms with Crippen molar-refractivity contribution in [1.82, 2.24) is 4.98 Å². The predicted molar refractivity (Wildman–Crippen MR) is 48.8 cm³/mol. The first-order valence-electron chi connectivity index (χ1n) is 4.00. The van der Waals surface area contributed by atoms with Crippen LogP contribution in [0.3, 0.4) is 0 Å². The first kappa shape index (κ1) is 12.1. The van der Waals surface area contributed by atoms with E-state index in [1.54, 1.807) is 0 Å². The zero-order valence-corrected chi connectivity index (χ0v) is 8.27. The number of ether oxygens (including phenoxy) is 1. The smallest absolute Gasteiger partial charge is 0.421 e. The molecule has 1 aromatic heterocycles. The van der Waals surface area contributed by atoms with E-state index in [1.165, 1.54) is 0 Å². The lowest BCUT2D eigenvalue weighted by atomic mass is 10.2. The second kappa shape index (κ2) is 4.67. The van der Waals surface area contributed by atoms with Crippen molar-refractivity contribution >= 4 is 11.6 Å². The van der Waals surface area contributed by atoms with Crippen molar-refractivity contribution in [2.24, 2.45) is 5.73 Å². The van der Waals surface area contributed by atoms with Gasteiger partial charge in [-0.2, -0.15) is 13.2 Å². The minimum atomic E-state index is -4.54. The third kappa shape index (κ3) is 3.24. The fourth-order valence-corrected chi connectivity index (χ4v) is 1.06. The summed E-state index contributed by atoms with van der Waals surface area (Å²) >= 11 is 5.41. The highest BCUT2D eigenvalue weighted by Crippen LogP contribution is 2.36. The van der Waals surface area contributed by atoms with E-state index in [-0.39, 0.29) is 18.2 Å². The van der Waals surface area contributed by atoms with Gasteiger partial charge in [0.15, 0.2) is 0 Å². The zero-order chi connectivity index (χ0) is 11.5. The molecule has 1 aromatic rings. The fraction of sp³-hybridized carbons (Fsp3) is 0.375. The average Bonchev–Trinajstić information content (AvgIpc) is 2.14. The van der Waals surface area contributed by atoms with E-state index >= 15 is 0 Å². The van der Waals surface area contributed by atoms with Gasteiger partial charge in [0.05, 0.1) is 5.02 Å². The van der Waals surface area contributed by atoms with Crippen molar-refractivity contribution < 1.29 is 17.9 Å². The number of alkyl halides is 3. The molecule has 0 fully saturated rings. The molecule has 0 unspecified atom stereocenters. The van der Waals surface area contributed by atoms with Crippen LogP contribution in [0, 0.1) is 0 Å². The molecule has 7 heteroatoms. The number of nitrogens with zero attached hydrogens (tertiary/aromatic N) is 1. The van der Waals surface area contributed by atoms with E-state index in [2.05, 4.69) is 4.98 Å². The number of hydrogen-bond acceptors (Lipinski definition) is 3. The van der Waals surface area contributed by atoms with Gasteiger partial charge in [0, 0.05) is 12.7 Å². The molecule has 0 saturated carbocycles. The van der Waals surface area contributed by atoms with Gasteiger partial charge in [0.1, 0.15) is 12.2 Å². The van der Waals surface area contributed by atoms with Gasteiger partial charge in [-0.3, -0.25) is 0 Å². The summed E-state index contributed by atoms with van der Waals surface area (Å²) < 4.78 is 42.1. The second-order valence-corrected chi connectivity index (χ2v) is 3.08. The van der Waals surface area contributed by atoms with Crippen LogP contribution in [0.25, 0.3) is 0 Å².